The molecule has 0 heterocycles. The molecule has 1 aliphatic rings. The van der Waals surface area contributed by atoms with E-state index in [1.54, 1.807) is 0 Å². The molecule has 0 aliphatic heterocycles. The Morgan fingerprint density at radius 2 is 1.11 bits per heavy atom. The van der Waals surface area contributed by atoms with Crippen molar-refractivity contribution in [1.82, 2.24) is 0 Å². The lowest BCUT2D eigenvalue weighted by molar-refractivity contribution is 1.44. The maximum Gasteiger partial charge on any atom is 0.0867 e. The molecular weight excluding hydrogens is 220 g/mol. The van der Waals surface area contributed by atoms with Gasteiger partial charge >= 0.3 is 0 Å². The van der Waals surface area contributed by atoms with Crippen molar-refractivity contribution in [3.63, 3.8) is 0 Å². The first-order valence-electron chi connectivity index (χ1n) is 5.89. The predicted molar refractivity (Wildman–Crippen MR) is 79.5 cm³/mol. The maximum absolute atomic E-state index is 7.94. The first kappa shape index (κ1) is 13.8. The number of hydrogen-bond donors (Lipinski definition) is 2. The summed E-state index contributed by atoms with van der Waals surface area (Å²) in [7, 11) is 0. The average Bonchev–Trinajstić information content (AvgIpc) is 2.37. The standard InChI is InChI=1S/C16H18N2/c1-3-5-7-9-13-11-12-14(10-8-6-4-2)16(18)15(13)17/h3-12,17-18H,1-2H3. The summed E-state index contributed by atoms with van der Waals surface area (Å²) < 4.78 is 0. The van der Waals surface area contributed by atoms with E-state index in [0.29, 0.717) is 0 Å². The predicted octanol–water partition coefficient (Wildman–Crippen LogP) is 4.16. The van der Waals surface area contributed by atoms with Crippen LogP contribution < -0.4 is 0 Å². The summed E-state index contributed by atoms with van der Waals surface area (Å²) in [6, 6.07) is 0. The quantitative estimate of drug-likeness (QED) is 0.546. The van der Waals surface area contributed by atoms with Gasteiger partial charge in [0, 0.05) is 11.1 Å². The van der Waals surface area contributed by atoms with Crippen molar-refractivity contribution in [3.8, 4) is 0 Å². The smallest absolute Gasteiger partial charge is 0.0867 e. The third-order valence-corrected chi connectivity index (χ3v) is 2.43. The van der Waals surface area contributed by atoms with Crippen LogP contribution in [0.4, 0.5) is 0 Å². The summed E-state index contributed by atoms with van der Waals surface area (Å²) in [4.78, 5) is 0. The third-order valence-electron chi connectivity index (χ3n) is 2.43. The summed E-state index contributed by atoms with van der Waals surface area (Å²) in [6.07, 6.45) is 18.9. The Morgan fingerprint density at radius 3 is 1.44 bits per heavy atom. The molecule has 0 amide bonds. The van der Waals surface area contributed by atoms with Crippen molar-refractivity contribution >= 4 is 11.4 Å². The maximum atomic E-state index is 7.94. The van der Waals surface area contributed by atoms with Gasteiger partial charge in [-0.3, -0.25) is 10.8 Å². The van der Waals surface area contributed by atoms with Crippen LogP contribution in [0.15, 0.2) is 71.9 Å². The molecule has 0 spiro atoms. The second kappa shape index (κ2) is 7.17. The Bertz CT molecular complexity index is 461. The highest BCUT2D eigenvalue weighted by molar-refractivity contribution is 6.53. The van der Waals surface area contributed by atoms with Gasteiger partial charge in [0.05, 0.1) is 11.4 Å². The highest BCUT2D eigenvalue weighted by Gasteiger charge is 2.14. The van der Waals surface area contributed by atoms with E-state index in [2.05, 4.69) is 0 Å². The van der Waals surface area contributed by atoms with Gasteiger partial charge in [-0.2, -0.15) is 0 Å². The molecule has 0 atom stereocenters. The van der Waals surface area contributed by atoms with Crippen molar-refractivity contribution in [2.24, 2.45) is 0 Å². The van der Waals surface area contributed by atoms with E-state index in [1.807, 2.05) is 74.6 Å². The summed E-state index contributed by atoms with van der Waals surface area (Å²) in [6.45, 7) is 3.88. The fourth-order valence-corrected chi connectivity index (χ4v) is 1.45. The largest absolute Gasteiger partial charge is 0.298 e. The molecule has 1 aliphatic carbocycles. The Balaban J connectivity index is 2.93. The highest BCUT2D eigenvalue weighted by Crippen LogP contribution is 2.15. The van der Waals surface area contributed by atoms with Crippen molar-refractivity contribution in [3.05, 3.63) is 71.9 Å². The van der Waals surface area contributed by atoms with E-state index < -0.39 is 0 Å². The highest BCUT2D eigenvalue weighted by atomic mass is 14.5. The molecule has 2 heteroatoms. The van der Waals surface area contributed by atoms with E-state index in [1.165, 1.54) is 0 Å². The van der Waals surface area contributed by atoms with Crippen LogP contribution in [-0.2, 0) is 0 Å². The minimum absolute atomic E-state index is 0.262. The SMILES string of the molecule is CC=CC=CC1=CC=C(C=CC=CC)C(=N)C1=N. The van der Waals surface area contributed by atoms with E-state index in [0.717, 1.165) is 11.1 Å². The second-order valence-electron chi connectivity index (χ2n) is 3.76. The van der Waals surface area contributed by atoms with Crippen molar-refractivity contribution < 1.29 is 0 Å². The van der Waals surface area contributed by atoms with E-state index in [4.69, 9.17) is 10.8 Å². The second-order valence-corrected chi connectivity index (χ2v) is 3.76. The minimum Gasteiger partial charge on any atom is -0.298 e. The number of allylic oxidation sites excluding steroid dienone is 12. The van der Waals surface area contributed by atoms with Gasteiger partial charge in [-0.1, -0.05) is 60.8 Å². The van der Waals surface area contributed by atoms with Gasteiger partial charge in [-0.15, -0.1) is 0 Å². The molecule has 1 rings (SSSR count). The lowest BCUT2D eigenvalue weighted by atomic mass is 9.93. The van der Waals surface area contributed by atoms with Crippen molar-refractivity contribution in [2.75, 3.05) is 0 Å². The Labute approximate surface area is 108 Å². The van der Waals surface area contributed by atoms with Crippen LogP contribution in [0.5, 0.6) is 0 Å². The Kier molecular flexibility index (Phi) is 5.52. The van der Waals surface area contributed by atoms with Crippen LogP contribution >= 0.6 is 0 Å². The van der Waals surface area contributed by atoms with Gasteiger partial charge in [0.2, 0.25) is 0 Å². The molecule has 2 nitrogen and oxygen atoms in total. The molecule has 0 aromatic rings. The van der Waals surface area contributed by atoms with Gasteiger partial charge in [0.1, 0.15) is 0 Å². The average molecular weight is 238 g/mol. The molecule has 0 bridgehead atoms. The molecule has 0 aromatic carbocycles. The van der Waals surface area contributed by atoms with Crippen LogP contribution in [0.3, 0.4) is 0 Å². The van der Waals surface area contributed by atoms with Gasteiger partial charge in [0.25, 0.3) is 0 Å². The fourth-order valence-electron chi connectivity index (χ4n) is 1.45. The fraction of sp³-hybridized carbons (Fsp3) is 0.125. The zero-order chi connectivity index (χ0) is 13.4. The molecular formula is C16H18N2. The lowest BCUT2D eigenvalue weighted by Crippen LogP contribution is -2.18. The third kappa shape index (κ3) is 3.67. The van der Waals surface area contributed by atoms with Crippen molar-refractivity contribution in [1.29, 1.82) is 10.8 Å². The molecule has 0 radical (unpaired) electrons. The molecule has 92 valence electrons. The summed E-state index contributed by atoms with van der Waals surface area (Å²) >= 11 is 0. The molecule has 18 heavy (non-hydrogen) atoms. The van der Waals surface area contributed by atoms with Gasteiger partial charge in [0.15, 0.2) is 0 Å². The molecule has 0 saturated heterocycles. The lowest BCUT2D eigenvalue weighted by Gasteiger charge is -2.12. The Morgan fingerprint density at radius 1 is 0.722 bits per heavy atom. The zero-order valence-electron chi connectivity index (χ0n) is 10.8. The first-order valence-corrected chi connectivity index (χ1v) is 5.89. The van der Waals surface area contributed by atoms with Crippen LogP contribution in [0.25, 0.3) is 0 Å². The summed E-state index contributed by atoms with van der Waals surface area (Å²) in [5.74, 6) is 0. The zero-order valence-corrected chi connectivity index (χ0v) is 10.8. The van der Waals surface area contributed by atoms with Crippen LogP contribution in [0.1, 0.15) is 13.8 Å². The van der Waals surface area contributed by atoms with Gasteiger partial charge < -0.3 is 0 Å². The van der Waals surface area contributed by atoms with E-state index >= 15 is 0 Å². The Hall–Kier alpha value is -2.22. The molecule has 2 N–H and O–H groups in total. The number of nitrogens with one attached hydrogen (secondary N) is 2. The van der Waals surface area contributed by atoms with Crippen molar-refractivity contribution in [2.45, 2.75) is 13.8 Å². The van der Waals surface area contributed by atoms with Gasteiger partial charge in [-0.25, -0.2) is 0 Å². The molecule has 0 aromatic heterocycles. The first-order chi connectivity index (χ1) is 8.70. The summed E-state index contributed by atoms with van der Waals surface area (Å²) in [5, 5.41) is 15.9. The van der Waals surface area contributed by atoms with Crippen LogP contribution in [0.2, 0.25) is 0 Å². The molecule has 0 unspecified atom stereocenters. The minimum atomic E-state index is 0.262. The van der Waals surface area contributed by atoms with E-state index in [-0.39, 0.29) is 11.4 Å². The number of rotatable bonds is 4. The van der Waals surface area contributed by atoms with Crippen LogP contribution in [-0.4, -0.2) is 11.4 Å². The molecule has 0 fully saturated rings. The topological polar surface area (TPSA) is 47.7 Å². The monoisotopic (exact) mass is 238 g/mol. The normalized spacial score (nSPS) is 17.4. The number of hydrogen-bond acceptors (Lipinski definition) is 2. The van der Waals surface area contributed by atoms with Crippen LogP contribution in [0, 0.1) is 10.8 Å². The van der Waals surface area contributed by atoms with Gasteiger partial charge in [-0.05, 0) is 13.8 Å². The van der Waals surface area contributed by atoms with E-state index in [9.17, 15) is 0 Å². The summed E-state index contributed by atoms with van der Waals surface area (Å²) in [5.41, 5.74) is 2.05. The molecule has 0 saturated carbocycles.